The number of esters is 2. The van der Waals surface area contributed by atoms with E-state index in [4.69, 9.17) is 33.7 Å². The number of aromatic nitrogens is 2. The summed E-state index contributed by atoms with van der Waals surface area (Å²) in [7, 11) is -10.9. The number of carbonyl (C=O) groups is 2. The van der Waals surface area contributed by atoms with Crippen LogP contribution in [0.15, 0.2) is 53.5 Å². The Morgan fingerprint density at radius 3 is 2.15 bits per heavy atom. The highest BCUT2D eigenvalue weighted by Gasteiger charge is 2.46. The average Bonchev–Trinajstić information content (AvgIpc) is 3.94. The van der Waals surface area contributed by atoms with Crippen molar-refractivity contribution in [1.29, 1.82) is 0 Å². The molecule has 2 saturated heterocycles. The number of anilines is 1. The molecule has 0 radical (unpaired) electrons. The van der Waals surface area contributed by atoms with Gasteiger partial charge in [0, 0.05) is 19.0 Å². The first-order valence-corrected chi connectivity index (χ1v) is 26.5. The molecule has 9 atom stereocenters. The van der Waals surface area contributed by atoms with Gasteiger partial charge < -0.3 is 44.7 Å². The van der Waals surface area contributed by atoms with Crippen LogP contribution in [0.3, 0.4) is 0 Å². The van der Waals surface area contributed by atoms with Gasteiger partial charge >= 0.3 is 33.3 Å². The van der Waals surface area contributed by atoms with E-state index in [2.05, 4.69) is 66.5 Å². The molecule has 3 rings (SSSR count). The summed E-state index contributed by atoms with van der Waals surface area (Å²) in [5, 5.41) is 20.9. The molecule has 0 aliphatic carbocycles. The molecular formula is C45H75N3O16P2. The first-order chi connectivity index (χ1) is 31.5. The van der Waals surface area contributed by atoms with Crippen molar-refractivity contribution < 1.29 is 71.0 Å². The molecule has 0 bridgehead atoms. The lowest BCUT2D eigenvalue weighted by Gasteiger charge is -2.21. The first-order valence-electron chi connectivity index (χ1n) is 23.5. The van der Waals surface area contributed by atoms with Crippen molar-refractivity contribution in [3.05, 3.63) is 59.2 Å². The number of hydrogen-bond acceptors (Lipinski definition) is 16. The van der Waals surface area contributed by atoms with Crippen LogP contribution < -0.4 is 11.4 Å². The normalized spacial score (nSPS) is 23.2. The Labute approximate surface area is 389 Å². The minimum Gasteiger partial charge on any atom is -0.462 e. The van der Waals surface area contributed by atoms with Crippen LogP contribution in [0.1, 0.15) is 149 Å². The number of allylic oxidation sites excluding steroid dienone is 5. The summed E-state index contributed by atoms with van der Waals surface area (Å²) >= 11 is 0. The summed E-state index contributed by atoms with van der Waals surface area (Å²) in [6.07, 6.45) is 22.9. The number of nitrogens with two attached hydrogens (primary N) is 1. The van der Waals surface area contributed by atoms with Crippen LogP contribution in [0, 0.1) is 5.92 Å². The Morgan fingerprint density at radius 1 is 0.803 bits per heavy atom. The number of phosphoric ester groups is 2. The smallest absolute Gasteiger partial charge is 0.462 e. The third-order valence-corrected chi connectivity index (χ3v) is 13.4. The second kappa shape index (κ2) is 31.1. The standard InChI is InChI=1S/C45H75N3O16P2/c1-4-5-6-7-8-9-10-11-12-15-18-21-25-36-37(62-36)26-23-28-41(50)61-35(31-58-40(49)27-22-19-16-13-14-17-20-24-34(2)3)32-59-65(54,55)64-66(56,57)60-33-38-42(51)43(52)44(63-38)48-30-29-39(46)47-45(48)53/h8-9,11-12,18,21,29-30,34-38,42-44,51-52H,4-7,10,13-17,19-20,22-28,31-33H2,1-3H3,(H,54,55)(H,56,57)(H2,46,47,53)/b9-8-,12-11-,21-18-/t35-,36?,37?,38-,42-,43-,44-/m1/s1. The van der Waals surface area contributed by atoms with Crippen molar-refractivity contribution in [3.63, 3.8) is 0 Å². The lowest BCUT2D eigenvalue weighted by atomic mass is 10.0. The summed E-state index contributed by atoms with van der Waals surface area (Å²) < 4.78 is 62.4. The van der Waals surface area contributed by atoms with Crippen LogP contribution in [0.4, 0.5) is 5.82 Å². The Balaban J connectivity index is 1.44. The highest BCUT2D eigenvalue weighted by atomic mass is 31.3. The van der Waals surface area contributed by atoms with Gasteiger partial charge in [-0.25, -0.2) is 13.9 Å². The summed E-state index contributed by atoms with van der Waals surface area (Å²) in [5.74, 6) is -0.688. The number of nitrogen functional groups attached to an aromatic ring is 1. The second-order valence-electron chi connectivity index (χ2n) is 17.1. The van der Waals surface area contributed by atoms with Crippen LogP contribution in [0.5, 0.6) is 0 Å². The van der Waals surface area contributed by atoms with Crippen molar-refractivity contribution in [2.24, 2.45) is 5.92 Å². The lowest BCUT2D eigenvalue weighted by Crippen LogP contribution is -2.36. The third kappa shape index (κ3) is 24.3. The molecule has 1 aromatic rings. The van der Waals surface area contributed by atoms with Crippen LogP contribution in [0.2, 0.25) is 0 Å². The molecular weight excluding hydrogens is 900 g/mol. The Kier molecular flexibility index (Phi) is 27.0. The zero-order valence-corrected chi connectivity index (χ0v) is 40.6. The molecule has 0 saturated carbocycles. The molecule has 4 unspecified atom stereocenters. The Bertz CT molecular complexity index is 1830. The summed E-state index contributed by atoms with van der Waals surface area (Å²) in [5.41, 5.74) is 4.57. The summed E-state index contributed by atoms with van der Waals surface area (Å²) in [4.78, 5) is 61.8. The van der Waals surface area contributed by atoms with Crippen LogP contribution in [-0.4, -0.2) is 97.9 Å². The molecule has 0 aromatic carbocycles. The van der Waals surface area contributed by atoms with E-state index in [1.165, 1.54) is 44.6 Å². The van der Waals surface area contributed by atoms with Crippen LogP contribution >= 0.6 is 15.6 Å². The van der Waals surface area contributed by atoms with Crippen molar-refractivity contribution >= 4 is 33.4 Å². The van der Waals surface area contributed by atoms with Gasteiger partial charge in [-0.05, 0) is 63.4 Å². The predicted octanol–water partition coefficient (Wildman–Crippen LogP) is 7.67. The molecule has 2 aliphatic rings. The van der Waals surface area contributed by atoms with Gasteiger partial charge in [-0.1, -0.05) is 115 Å². The van der Waals surface area contributed by atoms with Crippen LogP contribution in [-0.2, 0) is 51.0 Å². The maximum atomic E-state index is 12.9. The molecule has 0 amide bonds. The molecule has 0 spiro atoms. The van der Waals surface area contributed by atoms with Gasteiger partial charge in [0.25, 0.3) is 0 Å². The number of carbonyl (C=O) groups excluding carboxylic acids is 2. The zero-order valence-electron chi connectivity index (χ0n) is 38.8. The third-order valence-electron chi connectivity index (χ3n) is 10.8. The van der Waals surface area contributed by atoms with E-state index in [1.54, 1.807) is 0 Å². The fourth-order valence-electron chi connectivity index (χ4n) is 7.05. The number of aliphatic hydroxyl groups is 2. The van der Waals surface area contributed by atoms with E-state index in [1.807, 2.05) is 0 Å². The zero-order chi connectivity index (χ0) is 48.4. The summed E-state index contributed by atoms with van der Waals surface area (Å²) in [6.45, 7) is 4.25. The van der Waals surface area contributed by atoms with E-state index in [0.29, 0.717) is 25.2 Å². The fourth-order valence-corrected chi connectivity index (χ4v) is 9.16. The predicted molar refractivity (Wildman–Crippen MR) is 247 cm³/mol. The van der Waals surface area contributed by atoms with Gasteiger partial charge in [-0.15, -0.1) is 0 Å². The fraction of sp³-hybridized carbons (Fsp3) is 0.733. The highest BCUT2D eigenvalue weighted by Crippen LogP contribution is 2.60. The maximum absolute atomic E-state index is 12.9. The number of ether oxygens (including phenoxy) is 4. The molecule has 376 valence electrons. The highest BCUT2D eigenvalue weighted by molar-refractivity contribution is 7.61. The average molecular weight is 976 g/mol. The number of aliphatic hydroxyl groups excluding tert-OH is 2. The van der Waals surface area contributed by atoms with Gasteiger partial charge in [0.05, 0.1) is 25.4 Å². The molecule has 2 aliphatic heterocycles. The number of hydrogen-bond donors (Lipinski definition) is 5. The molecule has 19 nitrogen and oxygen atoms in total. The number of rotatable bonds is 36. The molecule has 3 heterocycles. The van der Waals surface area contributed by atoms with Gasteiger partial charge in [0.1, 0.15) is 30.7 Å². The van der Waals surface area contributed by atoms with E-state index in [9.17, 15) is 43.5 Å². The van der Waals surface area contributed by atoms with Crippen LogP contribution in [0.25, 0.3) is 0 Å². The molecule has 66 heavy (non-hydrogen) atoms. The topological polar surface area (TPSA) is 278 Å². The second-order valence-corrected chi connectivity index (χ2v) is 20.2. The SMILES string of the molecule is CCCCC/C=C\C/C=C\C/C=C\CC1OC1CCCC(=O)O[C@H](COC(=O)CCCCCCCCCC(C)C)COP(=O)(O)OP(=O)(O)OC[C@H]1O[C@@H](n2ccc(N)nc2=O)[C@H](O)[C@@H]1O. The minimum absolute atomic E-state index is 0.00443. The number of epoxide rings is 1. The van der Waals surface area contributed by atoms with Crippen molar-refractivity contribution in [3.8, 4) is 0 Å². The Morgan fingerprint density at radius 2 is 1.45 bits per heavy atom. The van der Waals surface area contributed by atoms with Crippen molar-refractivity contribution in [2.75, 3.05) is 25.6 Å². The van der Waals surface area contributed by atoms with E-state index in [-0.39, 0.29) is 30.9 Å². The van der Waals surface area contributed by atoms with Crippen molar-refractivity contribution in [1.82, 2.24) is 9.55 Å². The molecule has 2 fully saturated rings. The van der Waals surface area contributed by atoms with Crippen molar-refractivity contribution in [2.45, 2.75) is 186 Å². The van der Waals surface area contributed by atoms with E-state index >= 15 is 0 Å². The Hall–Kier alpha value is -3.06. The number of unbranched alkanes of at least 4 members (excludes halogenated alkanes) is 9. The first kappa shape index (κ1) is 57.3. The van der Waals surface area contributed by atoms with E-state index in [0.717, 1.165) is 62.1 Å². The van der Waals surface area contributed by atoms with Gasteiger partial charge in [-0.3, -0.25) is 23.2 Å². The quantitative estimate of drug-likeness (QED) is 0.0142. The monoisotopic (exact) mass is 975 g/mol. The van der Waals surface area contributed by atoms with Gasteiger partial charge in [-0.2, -0.15) is 9.29 Å². The van der Waals surface area contributed by atoms with Gasteiger partial charge in [0.2, 0.25) is 0 Å². The van der Waals surface area contributed by atoms with Gasteiger partial charge in [0.15, 0.2) is 12.3 Å². The molecule has 21 heteroatoms. The molecule has 1 aromatic heterocycles. The summed E-state index contributed by atoms with van der Waals surface area (Å²) in [6, 6.07) is 1.24. The molecule has 6 N–H and O–H groups in total. The minimum atomic E-state index is -5.44. The number of nitrogens with zero attached hydrogens (tertiary/aromatic N) is 2. The van der Waals surface area contributed by atoms with E-state index < -0.39 is 83.7 Å². The lowest BCUT2D eigenvalue weighted by molar-refractivity contribution is -0.161. The largest absolute Gasteiger partial charge is 0.481 e. The number of phosphoric acid groups is 2. The maximum Gasteiger partial charge on any atom is 0.481 e.